The highest BCUT2D eigenvalue weighted by molar-refractivity contribution is 6.09. The quantitative estimate of drug-likeness (QED) is 0.215. The van der Waals surface area contributed by atoms with E-state index in [4.69, 9.17) is 11.3 Å². The number of anilines is 3. The van der Waals surface area contributed by atoms with Crippen molar-refractivity contribution < 1.29 is 11.3 Å². The third-order valence-corrected chi connectivity index (χ3v) is 7.76. The second-order valence-corrected chi connectivity index (χ2v) is 10.2. The summed E-state index contributed by atoms with van der Waals surface area (Å²) < 4.78 is 48.8. The molecule has 2 nitrogen and oxygen atoms in total. The van der Waals surface area contributed by atoms with E-state index in [1.807, 2.05) is 72.8 Å². The van der Waals surface area contributed by atoms with Crippen molar-refractivity contribution in [3.8, 4) is 22.3 Å². The molecule has 8 aromatic rings. The molecule has 0 aliphatic carbocycles. The Morgan fingerprint density at radius 3 is 2.00 bits per heavy atom. The van der Waals surface area contributed by atoms with Crippen molar-refractivity contribution in [1.82, 2.24) is 0 Å². The predicted octanol–water partition coefficient (Wildman–Crippen LogP) is 11.5. The van der Waals surface area contributed by atoms with Crippen molar-refractivity contribution in [3.05, 3.63) is 164 Å². The molecular weight excluding hydrogens is 510 g/mol. The third-order valence-electron chi connectivity index (χ3n) is 7.76. The van der Waals surface area contributed by atoms with Crippen LogP contribution >= 0.6 is 0 Å². The minimum Gasteiger partial charge on any atom is -0.455 e. The van der Waals surface area contributed by atoms with Crippen LogP contribution in [0.25, 0.3) is 55.0 Å². The van der Waals surface area contributed by atoms with E-state index in [0.29, 0.717) is 11.3 Å². The van der Waals surface area contributed by atoms with Gasteiger partial charge in [-0.15, -0.1) is 0 Å². The number of nitrogens with zero attached hydrogens (tertiary/aromatic N) is 1. The van der Waals surface area contributed by atoms with Crippen molar-refractivity contribution in [3.63, 3.8) is 0 Å². The summed E-state index contributed by atoms with van der Waals surface area (Å²) in [7, 11) is 0. The van der Waals surface area contributed by atoms with Gasteiger partial charge >= 0.3 is 0 Å². The lowest BCUT2D eigenvalue weighted by molar-refractivity contribution is 0.670. The molecule has 1 heterocycles. The number of furan rings is 1. The Bertz CT molecular complexity index is 2450. The summed E-state index contributed by atoms with van der Waals surface area (Å²) in [6.45, 7) is 0. The Morgan fingerprint density at radius 2 is 1.12 bits per heavy atom. The molecule has 0 saturated heterocycles. The van der Waals surface area contributed by atoms with E-state index >= 15 is 0 Å². The monoisotopic (exact) mass is 542 g/mol. The fraction of sp³-hybridized carbons (Fsp3) is 0. The highest BCUT2D eigenvalue weighted by Crippen LogP contribution is 2.44. The first kappa shape index (κ1) is 19.5. The van der Waals surface area contributed by atoms with Crippen LogP contribution in [0.5, 0.6) is 0 Å². The van der Waals surface area contributed by atoms with Gasteiger partial charge in [0.1, 0.15) is 11.2 Å². The van der Waals surface area contributed by atoms with Crippen LogP contribution in [0.3, 0.4) is 0 Å². The highest BCUT2D eigenvalue weighted by atomic mass is 16.3. The number of fused-ring (bicyclic) bond motifs is 4. The molecule has 0 spiro atoms. The molecule has 0 amide bonds. The second-order valence-electron chi connectivity index (χ2n) is 10.2. The molecule has 0 bridgehead atoms. The average Bonchev–Trinajstić information content (AvgIpc) is 3.50. The average molecular weight is 543 g/mol. The Labute approximate surface area is 251 Å². The molecule has 198 valence electrons. The predicted molar refractivity (Wildman–Crippen MR) is 177 cm³/mol. The fourth-order valence-electron chi connectivity index (χ4n) is 5.84. The van der Waals surface area contributed by atoms with Crippen LogP contribution < -0.4 is 4.90 Å². The van der Waals surface area contributed by atoms with Crippen LogP contribution in [0.4, 0.5) is 17.1 Å². The summed E-state index contributed by atoms with van der Waals surface area (Å²) in [5, 5.41) is 4.21. The Kier molecular flexibility index (Phi) is 4.68. The van der Waals surface area contributed by atoms with Crippen LogP contribution in [0.1, 0.15) is 6.85 Å². The van der Waals surface area contributed by atoms with Crippen LogP contribution in [-0.2, 0) is 0 Å². The van der Waals surface area contributed by atoms with E-state index in [1.165, 1.54) is 0 Å². The summed E-state index contributed by atoms with van der Waals surface area (Å²) >= 11 is 0. The normalized spacial score (nSPS) is 13.0. The Morgan fingerprint density at radius 1 is 0.476 bits per heavy atom. The number of benzene rings is 7. The van der Waals surface area contributed by atoms with Crippen LogP contribution in [0.2, 0.25) is 0 Å². The van der Waals surface area contributed by atoms with Crippen molar-refractivity contribution in [2.45, 2.75) is 0 Å². The van der Waals surface area contributed by atoms with Gasteiger partial charge in [-0.25, -0.2) is 0 Å². The largest absolute Gasteiger partial charge is 0.455 e. The molecule has 0 N–H and O–H groups in total. The van der Waals surface area contributed by atoms with Gasteiger partial charge in [-0.3, -0.25) is 0 Å². The van der Waals surface area contributed by atoms with E-state index in [0.717, 1.165) is 55.2 Å². The van der Waals surface area contributed by atoms with Gasteiger partial charge < -0.3 is 9.32 Å². The second kappa shape index (κ2) is 10.1. The van der Waals surface area contributed by atoms with Gasteiger partial charge in [-0.1, -0.05) is 133 Å². The molecular formula is C40H27NO. The van der Waals surface area contributed by atoms with E-state index in [-0.39, 0.29) is 29.7 Å². The van der Waals surface area contributed by atoms with Gasteiger partial charge in [0.2, 0.25) is 0 Å². The summed E-state index contributed by atoms with van der Waals surface area (Å²) in [6, 6.07) is 42.6. The lowest BCUT2D eigenvalue weighted by Crippen LogP contribution is -2.11. The molecule has 8 rings (SSSR count). The minimum absolute atomic E-state index is 0.157. The van der Waals surface area contributed by atoms with Crippen molar-refractivity contribution >= 4 is 49.8 Å². The minimum atomic E-state index is -0.415. The van der Waals surface area contributed by atoms with Crippen LogP contribution in [-0.4, -0.2) is 0 Å². The maximum Gasteiger partial charge on any atom is 0.143 e. The lowest BCUT2D eigenvalue weighted by Gasteiger charge is -2.29. The number of para-hydroxylation sites is 3. The van der Waals surface area contributed by atoms with Gasteiger partial charge in [0.15, 0.2) is 0 Å². The molecule has 42 heavy (non-hydrogen) atoms. The molecule has 0 fully saturated rings. The first-order valence-electron chi connectivity index (χ1n) is 16.4. The van der Waals surface area contributed by atoms with Gasteiger partial charge in [0.05, 0.1) is 18.2 Å². The van der Waals surface area contributed by atoms with Crippen molar-refractivity contribution in [2.75, 3.05) is 4.90 Å². The zero-order valence-electron chi connectivity index (χ0n) is 27.6. The molecule has 0 saturated carbocycles. The Balaban J connectivity index is 1.35. The number of hydrogen-bond acceptors (Lipinski definition) is 2. The van der Waals surface area contributed by atoms with Gasteiger partial charge in [-0.2, -0.15) is 0 Å². The lowest BCUT2D eigenvalue weighted by atomic mass is 9.99. The molecule has 0 radical (unpaired) electrons. The van der Waals surface area contributed by atoms with Gasteiger partial charge in [0.25, 0.3) is 0 Å². The van der Waals surface area contributed by atoms with E-state index in [9.17, 15) is 0 Å². The number of rotatable bonds is 5. The summed E-state index contributed by atoms with van der Waals surface area (Å²) in [4.78, 5) is 2.10. The molecule has 2 heteroatoms. The molecule has 0 aliphatic rings. The molecule has 0 unspecified atom stereocenters. The highest BCUT2D eigenvalue weighted by Gasteiger charge is 2.19. The maximum absolute atomic E-state index is 8.78. The van der Waals surface area contributed by atoms with E-state index in [2.05, 4.69) is 65.6 Å². The summed E-state index contributed by atoms with van der Waals surface area (Å²) in [5.74, 6) is 0. The van der Waals surface area contributed by atoms with Crippen LogP contribution in [0.15, 0.2) is 168 Å². The zero-order valence-corrected chi connectivity index (χ0v) is 22.6. The first-order chi connectivity index (χ1) is 22.9. The van der Waals surface area contributed by atoms with Gasteiger partial charge in [-0.05, 0) is 46.8 Å². The van der Waals surface area contributed by atoms with Gasteiger partial charge in [0, 0.05) is 33.0 Å². The maximum atomic E-state index is 8.78. The first-order valence-corrected chi connectivity index (χ1v) is 13.9. The van der Waals surface area contributed by atoms with E-state index < -0.39 is 6.04 Å². The van der Waals surface area contributed by atoms with Crippen LogP contribution in [0, 0.1) is 0 Å². The third kappa shape index (κ3) is 4.05. The SMILES string of the molecule is [2H]c1c([2H])c([2H])c(-c2ccccc2N(c2ccc(-c3cccc4c3oc3ccccc34)cc2)c2cccc3ccccc23)c([2H])c1[2H]. The zero-order chi connectivity index (χ0) is 32.2. The van der Waals surface area contributed by atoms with Crippen molar-refractivity contribution in [2.24, 2.45) is 0 Å². The Hall–Kier alpha value is -5.60. The molecule has 7 aromatic carbocycles. The number of hydrogen-bond donors (Lipinski definition) is 0. The fourth-order valence-corrected chi connectivity index (χ4v) is 5.84. The topological polar surface area (TPSA) is 16.4 Å². The van der Waals surface area contributed by atoms with Crippen molar-refractivity contribution in [1.29, 1.82) is 0 Å². The molecule has 0 aliphatic heterocycles. The molecule has 1 aromatic heterocycles. The summed E-state index contributed by atoms with van der Waals surface area (Å²) in [6.07, 6.45) is 0. The summed E-state index contributed by atoms with van der Waals surface area (Å²) in [5.41, 5.74) is 6.79. The van der Waals surface area contributed by atoms with E-state index in [1.54, 1.807) is 0 Å². The molecule has 0 atom stereocenters. The smallest absolute Gasteiger partial charge is 0.143 e. The standard InChI is InChI=1S/C40H27NO/c1-2-12-28(13-3-1)32-17-6-8-21-37(32)41(38-22-10-15-29-14-4-5-16-33(29)38)31-26-24-30(25-27-31)34-19-11-20-36-35-18-7-9-23-39(35)42-40(34)36/h1-27H/i1D,2D,3D,12D,13D.